The van der Waals surface area contributed by atoms with Gasteiger partial charge in [-0.2, -0.15) is 0 Å². The first-order valence-electron chi connectivity index (χ1n) is 4.34. The normalized spacial score (nSPS) is 13.8. The Morgan fingerprint density at radius 1 is 1.22 bits per heavy atom. The molecule has 0 aromatic heterocycles. The summed E-state index contributed by atoms with van der Waals surface area (Å²) in [5.41, 5.74) is -0.323. The Labute approximate surface area is 150 Å². The summed E-state index contributed by atoms with van der Waals surface area (Å²) in [5.74, 6) is -1.39. The third-order valence-corrected chi connectivity index (χ3v) is 2.65. The van der Waals surface area contributed by atoms with E-state index in [4.69, 9.17) is 9.47 Å². The van der Waals surface area contributed by atoms with Gasteiger partial charge in [-0.15, -0.1) is 0 Å². The van der Waals surface area contributed by atoms with Gasteiger partial charge in [-0.3, -0.25) is 4.21 Å². The number of carbonyl (C=O) groups excluding carboxylic acids is 1. The third kappa shape index (κ3) is 3.94. The molecule has 1 aliphatic rings. The molecule has 9 heteroatoms. The molecule has 0 aliphatic carbocycles. The molecule has 1 aromatic carbocycles. The zero-order valence-corrected chi connectivity index (χ0v) is 14.7. The largest absolute Gasteiger partial charge is 1.00 e. The summed E-state index contributed by atoms with van der Waals surface area (Å²) in [7, 11) is 0. The average Bonchev–Trinajstić information content (AvgIpc) is 2.27. The molecule has 2 rings (SSSR count). The summed E-state index contributed by atoms with van der Waals surface area (Å²) in [5, 5.41) is 10.8. The Morgan fingerprint density at radius 3 is 2.39 bits per heavy atom. The Bertz CT molecular complexity index is 478. The summed E-state index contributed by atoms with van der Waals surface area (Å²) in [6.07, 6.45) is 0. The summed E-state index contributed by atoms with van der Waals surface area (Å²) in [6.45, 7) is 0.460. The molecular weight excluding hydrogens is 282 g/mol. The van der Waals surface area contributed by atoms with Gasteiger partial charge in [0.05, 0.1) is 5.97 Å². The number of rotatable bonds is 2. The summed E-state index contributed by atoms with van der Waals surface area (Å²) >= 11 is -2.53. The molecule has 0 fully saturated rings. The van der Waals surface area contributed by atoms with Gasteiger partial charge in [0.25, 0.3) is 0 Å². The van der Waals surface area contributed by atoms with Crippen LogP contribution in [-0.4, -0.2) is 27.9 Å². The molecule has 0 amide bonds. The Kier molecular flexibility index (Phi) is 8.04. The number of fused-ring (bicyclic) bond motifs is 1. The van der Waals surface area contributed by atoms with Gasteiger partial charge in [0, 0.05) is 10.5 Å². The fraction of sp³-hybridized carbons (Fsp3) is 0.222. The van der Waals surface area contributed by atoms with Crippen molar-refractivity contribution in [2.45, 2.75) is 4.90 Å². The van der Waals surface area contributed by atoms with Crippen molar-refractivity contribution in [3.63, 3.8) is 0 Å². The van der Waals surface area contributed by atoms with Crippen LogP contribution >= 0.6 is 0 Å². The minimum Gasteiger partial charge on any atom is -0.768 e. The number of benzene rings is 1. The number of carbonyl (C=O) groups is 1. The maximum atomic E-state index is 10.8. The van der Waals surface area contributed by atoms with Crippen molar-refractivity contribution < 1.29 is 87.3 Å². The van der Waals surface area contributed by atoms with E-state index in [1.54, 1.807) is 0 Å². The van der Waals surface area contributed by atoms with Gasteiger partial charge in [0.2, 0.25) is 0 Å². The Morgan fingerprint density at radius 2 is 1.83 bits per heavy atom. The number of aromatic carboxylic acids is 1. The number of ether oxygens (including phenoxy) is 2. The van der Waals surface area contributed by atoms with Gasteiger partial charge < -0.3 is 23.9 Å². The van der Waals surface area contributed by atoms with Crippen LogP contribution in [0.4, 0.5) is 0 Å². The van der Waals surface area contributed by atoms with Gasteiger partial charge in [0.15, 0.2) is 11.5 Å². The zero-order valence-electron chi connectivity index (χ0n) is 9.93. The molecule has 0 bridgehead atoms. The van der Waals surface area contributed by atoms with Crippen molar-refractivity contribution in [1.82, 2.24) is 0 Å². The van der Waals surface area contributed by atoms with Crippen LogP contribution < -0.4 is 73.7 Å². The first-order valence-corrected chi connectivity index (χ1v) is 5.41. The van der Waals surface area contributed by atoms with E-state index in [2.05, 4.69) is 0 Å². The molecule has 6 nitrogen and oxygen atoms in total. The van der Waals surface area contributed by atoms with Gasteiger partial charge >= 0.3 is 59.1 Å². The minimum atomic E-state index is -2.53. The van der Waals surface area contributed by atoms with Gasteiger partial charge in [0.1, 0.15) is 13.2 Å². The molecule has 0 spiro atoms. The number of carboxylic acids is 1. The fourth-order valence-electron chi connectivity index (χ4n) is 1.38. The maximum absolute atomic E-state index is 10.8. The van der Waals surface area contributed by atoms with Crippen LogP contribution in [0.15, 0.2) is 17.0 Å². The van der Waals surface area contributed by atoms with Crippen LogP contribution in [0, 0.1) is 0 Å². The van der Waals surface area contributed by atoms with E-state index in [0.717, 1.165) is 6.07 Å². The van der Waals surface area contributed by atoms with E-state index in [0.29, 0.717) is 0 Å². The second-order valence-electron chi connectivity index (χ2n) is 3.02. The molecule has 18 heavy (non-hydrogen) atoms. The molecule has 1 heterocycles. The van der Waals surface area contributed by atoms with Crippen LogP contribution in [-0.2, 0) is 11.1 Å². The van der Waals surface area contributed by atoms with E-state index in [1.165, 1.54) is 6.07 Å². The molecule has 0 saturated heterocycles. The quantitative estimate of drug-likeness (QED) is 0.396. The first-order chi connectivity index (χ1) is 7.59. The second kappa shape index (κ2) is 7.86. The number of hydrogen-bond donors (Lipinski definition) is 0. The molecular formula is C9H6Na2O6S. The number of carboxylic acid groups (broad SMARTS) is 1. The third-order valence-electron chi connectivity index (χ3n) is 2.03. The average molecular weight is 288 g/mol. The predicted octanol–water partition coefficient (Wildman–Crippen LogP) is -6.93. The van der Waals surface area contributed by atoms with Crippen molar-refractivity contribution in [1.29, 1.82) is 0 Å². The molecule has 0 radical (unpaired) electrons. The summed E-state index contributed by atoms with van der Waals surface area (Å²) in [4.78, 5) is 10.6. The predicted molar refractivity (Wildman–Crippen MR) is 48.9 cm³/mol. The van der Waals surface area contributed by atoms with Crippen molar-refractivity contribution in [3.8, 4) is 11.5 Å². The van der Waals surface area contributed by atoms with Crippen molar-refractivity contribution in [3.05, 3.63) is 17.7 Å². The standard InChI is InChI=1S/C9H8O6S.2Na/c10-9(11)6-3-5(16(12)13)4-7-8(6)15-2-1-14-7;;/h3-4H,1-2H2,(H,10,11)(H,12,13);;/q;2*+1/p-2. The van der Waals surface area contributed by atoms with Gasteiger partial charge in [-0.1, -0.05) is 0 Å². The maximum Gasteiger partial charge on any atom is 1.00 e. The zero-order chi connectivity index (χ0) is 11.7. The molecule has 1 aliphatic heterocycles. The Balaban J connectivity index is 0.00000144. The van der Waals surface area contributed by atoms with Crippen molar-refractivity contribution in [2.24, 2.45) is 0 Å². The van der Waals surface area contributed by atoms with Crippen LogP contribution in [0.2, 0.25) is 0 Å². The van der Waals surface area contributed by atoms with E-state index in [1.807, 2.05) is 0 Å². The summed E-state index contributed by atoms with van der Waals surface area (Å²) < 4.78 is 31.7. The molecule has 0 saturated carbocycles. The molecule has 0 N–H and O–H groups in total. The molecule has 1 aromatic rings. The summed E-state index contributed by atoms with van der Waals surface area (Å²) in [6, 6.07) is 2.19. The van der Waals surface area contributed by atoms with Gasteiger partial charge in [-0.25, -0.2) is 0 Å². The van der Waals surface area contributed by atoms with E-state index < -0.39 is 17.0 Å². The first kappa shape index (κ1) is 18.4. The monoisotopic (exact) mass is 288 g/mol. The molecule has 1 unspecified atom stereocenters. The van der Waals surface area contributed by atoms with Crippen LogP contribution in [0.1, 0.15) is 10.4 Å². The van der Waals surface area contributed by atoms with E-state index in [-0.39, 0.29) is 94.3 Å². The van der Waals surface area contributed by atoms with Crippen LogP contribution in [0.5, 0.6) is 11.5 Å². The molecule has 86 valence electrons. The second-order valence-corrected chi connectivity index (χ2v) is 3.96. The number of hydrogen-bond acceptors (Lipinski definition) is 6. The van der Waals surface area contributed by atoms with Crippen LogP contribution in [0.25, 0.3) is 0 Å². The van der Waals surface area contributed by atoms with Crippen LogP contribution in [0.3, 0.4) is 0 Å². The SMILES string of the molecule is O=C([O-])c1cc(S(=O)[O-])cc2c1OCCO2.[Na+].[Na+]. The Hall–Kier alpha value is 0.400. The minimum absolute atomic E-state index is 0. The van der Waals surface area contributed by atoms with Gasteiger partial charge in [-0.05, 0) is 23.2 Å². The molecule has 1 atom stereocenters. The topological polar surface area (TPSA) is 98.7 Å². The fourth-order valence-corrected chi connectivity index (χ4v) is 1.79. The van der Waals surface area contributed by atoms with E-state index in [9.17, 15) is 18.7 Å². The van der Waals surface area contributed by atoms with Crippen molar-refractivity contribution in [2.75, 3.05) is 13.2 Å². The smallest absolute Gasteiger partial charge is 0.768 e. The van der Waals surface area contributed by atoms with Crippen molar-refractivity contribution >= 4 is 17.0 Å². The van der Waals surface area contributed by atoms with E-state index >= 15 is 0 Å².